The van der Waals surface area contributed by atoms with Gasteiger partial charge in [0.15, 0.2) is 11.9 Å². The van der Waals surface area contributed by atoms with E-state index in [2.05, 4.69) is 0 Å². The normalized spacial score (nSPS) is 22.1. The second-order valence-electron chi connectivity index (χ2n) is 5.64. The second kappa shape index (κ2) is 7.25. The van der Waals surface area contributed by atoms with Crippen LogP contribution in [-0.4, -0.2) is 34.4 Å². The molecule has 0 unspecified atom stereocenters. The molecular weight excluding hydrogens is 330 g/mol. The van der Waals surface area contributed by atoms with Crippen molar-refractivity contribution in [3.05, 3.63) is 52.1 Å². The molecule has 0 heterocycles. The Hall–Kier alpha value is -3.03. The summed E-state index contributed by atoms with van der Waals surface area (Å²) in [6.45, 7) is 2.46. The van der Waals surface area contributed by atoms with Crippen molar-refractivity contribution < 1.29 is 28.8 Å². The first kappa shape index (κ1) is 18.3. The highest BCUT2D eigenvalue weighted by atomic mass is 16.6. The van der Waals surface area contributed by atoms with Gasteiger partial charge in [-0.1, -0.05) is 6.08 Å². The third-order valence-corrected chi connectivity index (χ3v) is 3.93. The van der Waals surface area contributed by atoms with E-state index in [0.717, 1.165) is 0 Å². The molecule has 2 rings (SSSR count). The fourth-order valence-electron chi connectivity index (χ4n) is 2.63. The van der Waals surface area contributed by atoms with Crippen molar-refractivity contribution in [2.75, 3.05) is 0 Å². The molecule has 1 aromatic rings. The van der Waals surface area contributed by atoms with Gasteiger partial charge in [-0.2, -0.15) is 0 Å². The van der Waals surface area contributed by atoms with E-state index in [1.807, 2.05) is 0 Å². The van der Waals surface area contributed by atoms with Gasteiger partial charge in [-0.3, -0.25) is 19.7 Å². The molecular formula is C17H17NO7. The Labute approximate surface area is 143 Å². The predicted molar refractivity (Wildman–Crippen MR) is 85.9 cm³/mol. The van der Waals surface area contributed by atoms with E-state index in [1.54, 1.807) is 6.08 Å². The maximum absolute atomic E-state index is 12.4. The number of hydrogen-bond donors (Lipinski definition) is 0. The quantitative estimate of drug-likeness (QED) is 0.348. The Morgan fingerprint density at radius 3 is 2.36 bits per heavy atom. The van der Waals surface area contributed by atoms with Gasteiger partial charge < -0.3 is 9.47 Å². The van der Waals surface area contributed by atoms with Crippen molar-refractivity contribution in [3.8, 4) is 0 Å². The van der Waals surface area contributed by atoms with Crippen LogP contribution >= 0.6 is 0 Å². The molecule has 0 amide bonds. The first-order valence-corrected chi connectivity index (χ1v) is 7.59. The number of esters is 2. The first-order valence-electron chi connectivity index (χ1n) is 7.59. The SMILES string of the molecule is CC(=O)O[C@H]1C=CCC[C@@]1(OC(=O)c1ccc([N+](=O)[O-])cc1)C(C)=O. The molecule has 0 saturated carbocycles. The van der Waals surface area contributed by atoms with Crippen LogP contribution in [0, 0.1) is 10.1 Å². The highest BCUT2D eigenvalue weighted by molar-refractivity contribution is 5.95. The summed E-state index contributed by atoms with van der Waals surface area (Å²) in [5.41, 5.74) is -1.72. The zero-order chi connectivity index (χ0) is 18.6. The van der Waals surface area contributed by atoms with Crippen LogP contribution in [0.1, 0.15) is 37.0 Å². The number of ether oxygens (including phenoxy) is 2. The topological polar surface area (TPSA) is 113 Å². The lowest BCUT2D eigenvalue weighted by atomic mass is 9.83. The Bertz CT molecular complexity index is 738. The molecule has 1 aromatic carbocycles. The molecule has 0 bridgehead atoms. The first-order chi connectivity index (χ1) is 11.8. The van der Waals surface area contributed by atoms with Crippen LogP contribution in [0.4, 0.5) is 5.69 Å². The van der Waals surface area contributed by atoms with Crippen molar-refractivity contribution >= 4 is 23.4 Å². The Balaban J connectivity index is 2.29. The number of benzene rings is 1. The highest BCUT2D eigenvalue weighted by Crippen LogP contribution is 2.32. The number of carbonyl (C=O) groups is 3. The number of nitro benzene ring substituents is 1. The maximum Gasteiger partial charge on any atom is 0.339 e. The summed E-state index contributed by atoms with van der Waals surface area (Å²) in [7, 11) is 0. The Morgan fingerprint density at radius 2 is 1.84 bits per heavy atom. The summed E-state index contributed by atoms with van der Waals surface area (Å²) in [5.74, 6) is -1.87. The van der Waals surface area contributed by atoms with Crippen molar-refractivity contribution in [2.24, 2.45) is 0 Å². The van der Waals surface area contributed by atoms with Gasteiger partial charge in [-0.25, -0.2) is 4.79 Å². The Morgan fingerprint density at radius 1 is 1.20 bits per heavy atom. The van der Waals surface area contributed by atoms with Crippen LogP contribution in [0.5, 0.6) is 0 Å². The summed E-state index contributed by atoms with van der Waals surface area (Å²) in [6, 6.07) is 4.82. The number of non-ortho nitro benzene ring substituents is 1. The van der Waals surface area contributed by atoms with Crippen molar-refractivity contribution in [1.29, 1.82) is 0 Å². The molecule has 0 radical (unpaired) electrons. The minimum Gasteiger partial charge on any atom is -0.453 e. The van der Waals surface area contributed by atoms with Crippen molar-refractivity contribution in [3.63, 3.8) is 0 Å². The van der Waals surface area contributed by atoms with Gasteiger partial charge in [-0.05, 0) is 31.6 Å². The number of allylic oxidation sites excluding steroid dienone is 1. The van der Waals surface area contributed by atoms with E-state index in [9.17, 15) is 24.5 Å². The molecule has 0 spiro atoms. The van der Waals surface area contributed by atoms with Crippen LogP contribution < -0.4 is 0 Å². The molecule has 0 aliphatic heterocycles. The van der Waals surface area contributed by atoms with E-state index in [0.29, 0.717) is 6.42 Å². The van der Waals surface area contributed by atoms with E-state index in [-0.39, 0.29) is 17.7 Å². The number of ketones is 1. The van der Waals surface area contributed by atoms with Gasteiger partial charge in [0.05, 0.1) is 10.5 Å². The maximum atomic E-state index is 12.4. The van der Waals surface area contributed by atoms with Gasteiger partial charge >= 0.3 is 11.9 Å². The second-order valence-corrected chi connectivity index (χ2v) is 5.64. The molecule has 0 fully saturated rings. The van der Waals surface area contributed by atoms with Crippen LogP contribution in [0.25, 0.3) is 0 Å². The number of rotatable bonds is 5. The van der Waals surface area contributed by atoms with Gasteiger partial charge in [0, 0.05) is 25.5 Å². The smallest absolute Gasteiger partial charge is 0.339 e. The van der Waals surface area contributed by atoms with Crippen LogP contribution in [0.3, 0.4) is 0 Å². The predicted octanol–water partition coefficient (Wildman–Crippen LogP) is 2.36. The third kappa shape index (κ3) is 3.90. The van der Waals surface area contributed by atoms with E-state index >= 15 is 0 Å². The van der Waals surface area contributed by atoms with Crippen LogP contribution in [0.2, 0.25) is 0 Å². The minimum absolute atomic E-state index is 0.0577. The lowest BCUT2D eigenvalue weighted by molar-refractivity contribution is -0.384. The molecule has 0 N–H and O–H groups in total. The number of carbonyl (C=O) groups excluding carboxylic acids is 3. The average Bonchev–Trinajstić information content (AvgIpc) is 2.56. The van der Waals surface area contributed by atoms with E-state index < -0.39 is 34.4 Å². The van der Waals surface area contributed by atoms with Gasteiger partial charge in [0.1, 0.15) is 0 Å². The zero-order valence-corrected chi connectivity index (χ0v) is 13.8. The summed E-state index contributed by atoms with van der Waals surface area (Å²) in [6.07, 6.45) is 2.91. The number of nitrogens with zero attached hydrogens (tertiary/aromatic N) is 1. The van der Waals surface area contributed by atoms with Gasteiger partial charge in [0.2, 0.25) is 5.60 Å². The molecule has 1 aliphatic rings. The lowest BCUT2D eigenvalue weighted by Crippen LogP contribution is -2.54. The highest BCUT2D eigenvalue weighted by Gasteiger charge is 2.49. The number of Topliss-reactive ketones (excluding diaryl/α,β-unsaturated/α-hetero) is 1. The number of nitro groups is 1. The van der Waals surface area contributed by atoms with Crippen LogP contribution in [-0.2, 0) is 19.1 Å². The molecule has 25 heavy (non-hydrogen) atoms. The fraction of sp³-hybridized carbons (Fsp3) is 0.353. The molecule has 0 saturated heterocycles. The fourth-order valence-corrected chi connectivity index (χ4v) is 2.63. The summed E-state index contributed by atoms with van der Waals surface area (Å²) >= 11 is 0. The van der Waals surface area contributed by atoms with E-state index in [1.165, 1.54) is 44.2 Å². The standard InChI is InChI=1S/C17H17NO7/c1-11(19)17(10-4-3-5-15(17)24-12(2)20)25-16(21)13-6-8-14(9-7-13)18(22)23/h3,5-9,15H,4,10H2,1-2H3/t15-,17+/m0/s1. The molecule has 0 aromatic heterocycles. The average molecular weight is 347 g/mol. The van der Waals surface area contributed by atoms with Crippen LogP contribution in [0.15, 0.2) is 36.4 Å². The van der Waals surface area contributed by atoms with Crippen molar-refractivity contribution in [2.45, 2.75) is 38.4 Å². The largest absolute Gasteiger partial charge is 0.453 e. The molecule has 8 heteroatoms. The van der Waals surface area contributed by atoms with E-state index in [4.69, 9.17) is 9.47 Å². The minimum atomic E-state index is -1.61. The molecule has 132 valence electrons. The van der Waals surface area contributed by atoms with Gasteiger partial charge in [-0.15, -0.1) is 0 Å². The molecule has 2 atom stereocenters. The summed E-state index contributed by atoms with van der Waals surface area (Å²) in [5, 5.41) is 10.7. The zero-order valence-electron chi connectivity index (χ0n) is 13.8. The molecule has 1 aliphatic carbocycles. The van der Waals surface area contributed by atoms with Crippen molar-refractivity contribution in [1.82, 2.24) is 0 Å². The monoisotopic (exact) mass is 347 g/mol. The lowest BCUT2D eigenvalue weighted by Gasteiger charge is -2.37. The number of hydrogen-bond acceptors (Lipinski definition) is 7. The Kier molecular flexibility index (Phi) is 5.31. The molecule has 8 nitrogen and oxygen atoms in total. The summed E-state index contributed by atoms with van der Waals surface area (Å²) < 4.78 is 10.6. The van der Waals surface area contributed by atoms with Gasteiger partial charge in [0.25, 0.3) is 5.69 Å². The third-order valence-electron chi connectivity index (χ3n) is 3.93. The summed E-state index contributed by atoms with van der Waals surface area (Å²) in [4.78, 5) is 46.1.